The standard InChI is InChI=1S/C23H26FN3OS/c1-2-27(14-17-7-5-9-19(24)13-17)22(28)16-26-12-6-8-18(15-26)23-25-20-10-3-4-11-21(20)29-23/h3-5,7,9-11,13,18H,2,6,8,12,14-16H2,1H3/t18-/m0/s1. The van der Waals surface area contributed by atoms with Gasteiger partial charge in [-0.2, -0.15) is 0 Å². The Kier molecular flexibility index (Phi) is 6.21. The minimum atomic E-state index is -0.263. The van der Waals surface area contributed by atoms with Gasteiger partial charge in [-0.3, -0.25) is 9.69 Å². The van der Waals surface area contributed by atoms with Crippen molar-refractivity contribution in [2.75, 3.05) is 26.2 Å². The summed E-state index contributed by atoms with van der Waals surface area (Å²) in [5.41, 5.74) is 1.89. The maximum atomic E-state index is 13.5. The van der Waals surface area contributed by atoms with Crippen molar-refractivity contribution in [1.29, 1.82) is 0 Å². The molecule has 1 saturated heterocycles. The van der Waals surface area contributed by atoms with Crippen LogP contribution in [0.3, 0.4) is 0 Å². The molecule has 4 nitrogen and oxygen atoms in total. The lowest BCUT2D eigenvalue weighted by Gasteiger charge is -2.33. The maximum absolute atomic E-state index is 13.5. The van der Waals surface area contributed by atoms with Gasteiger partial charge in [-0.1, -0.05) is 24.3 Å². The largest absolute Gasteiger partial charge is 0.338 e. The Morgan fingerprint density at radius 3 is 2.93 bits per heavy atom. The first-order valence-corrected chi connectivity index (χ1v) is 11.0. The van der Waals surface area contributed by atoms with Crippen LogP contribution >= 0.6 is 11.3 Å². The van der Waals surface area contributed by atoms with E-state index in [-0.39, 0.29) is 11.7 Å². The second-order valence-electron chi connectivity index (χ2n) is 7.63. The number of halogens is 1. The van der Waals surface area contributed by atoms with Gasteiger partial charge in [-0.05, 0) is 56.1 Å². The number of likely N-dealkylation sites (tertiary alicyclic amines) is 1. The van der Waals surface area contributed by atoms with Crippen LogP contribution in [0, 0.1) is 5.82 Å². The summed E-state index contributed by atoms with van der Waals surface area (Å²) in [6.45, 7) is 5.24. The van der Waals surface area contributed by atoms with Crippen molar-refractivity contribution in [1.82, 2.24) is 14.8 Å². The average molecular weight is 412 g/mol. The monoisotopic (exact) mass is 411 g/mol. The molecule has 1 aromatic heterocycles. The molecule has 1 aliphatic rings. The number of para-hydroxylation sites is 1. The summed E-state index contributed by atoms with van der Waals surface area (Å²) in [7, 11) is 0. The zero-order valence-electron chi connectivity index (χ0n) is 16.7. The minimum Gasteiger partial charge on any atom is -0.338 e. The molecule has 1 amide bonds. The number of likely N-dealkylation sites (N-methyl/N-ethyl adjacent to an activating group) is 1. The molecule has 0 spiro atoms. The van der Waals surface area contributed by atoms with Gasteiger partial charge in [-0.25, -0.2) is 9.37 Å². The third-order valence-electron chi connectivity index (χ3n) is 5.52. The van der Waals surface area contributed by atoms with Gasteiger partial charge < -0.3 is 4.90 Å². The van der Waals surface area contributed by atoms with E-state index in [0.29, 0.717) is 25.6 Å². The molecular formula is C23H26FN3OS. The SMILES string of the molecule is CCN(Cc1cccc(F)c1)C(=O)CN1CCC[C@H](c2nc3ccccc3s2)C1. The van der Waals surface area contributed by atoms with E-state index in [2.05, 4.69) is 17.0 Å². The Morgan fingerprint density at radius 2 is 2.14 bits per heavy atom. The van der Waals surface area contributed by atoms with Gasteiger partial charge in [0.05, 0.1) is 21.8 Å². The van der Waals surface area contributed by atoms with E-state index in [1.807, 2.05) is 25.1 Å². The molecule has 0 N–H and O–H groups in total. The second-order valence-corrected chi connectivity index (χ2v) is 8.69. The van der Waals surface area contributed by atoms with Crippen LogP contribution in [0.25, 0.3) is 10.2 Å². The summed E-state index contributed by atoms with van der Waals surface area (Å²) in [4.78, 5) is 21.8. The van der Waals surface area contributed by atoms with Crippen molar-refractivity contribution < 1.29 is 9.18 Å². The fourth-order valence-corrected chi connectivity index (χ4v) is 5.08. The van der Waals surface area contributed by atoms with E-state index >= 15 is 0 Å². The van der Waals surface area contributed by atoms with Gasteiger partial charge in [-0.15, -0.1) is 11.3 Å². The maximum Gasteiger partial charge on any atom is 0.237 e. The van der Waals surface area contributed by atoms with Gasteiger partial charge in [0.2, 0.25) is 5.91 Å². The van der Waals surface area contributed by atoms with Crippen molar-refractivity contribution in [2.45, 2.75) is 32.2 Å². The fraction of sp³-hybridized carbons (Fsp3) is 0.391. The second kappa shape index (κ2) is 9.01. The molecule has 152 valence electrons. The number of hydrogen-bond donors (Lipinski definition) is 0. The molecule has 0 saturated carbocycles. The van der Waals surface area contributed by atoms with Crippen LogP contribution in [0.1, 0.15) is 36.3 Å². The number of carbonyl (C=O) groups excluding carboxylic acids is 1. The highest BCUT2D eigenvalue weighted by Gasteiger charge is 2.26. The van der Waals surface area contributed by atoms with E-state index < -0.39 is 0 Å². The predicted molar refractivity (Wildman–Crippen MR) is 116 cm³/mol. The number of amides is 1. The normalized spacial score (nSPS) is 17.5. The molecule has 2 heterocycles. The van der Waals surface area contributed by atoms with Gasteiger partial charge in [0, 0.05) is 25.6 Å². The fourth-order valence-electron chi connectivity index (χ4n) is 3.99. The van der Waals surface area contributed by atoms with Gasteiger partial charge in [0.1, 0.15) is 5.82 Å². The number of hydrogen-bond acceptors (Lipinski definition) is 4. The zero-order valence-corrected chi connectivity index (χ0v) is 17.5. The molecule has 1 atom stereocenters. The zero-order chi connectivity index (χ0) is 20.2. The Bertz CT molecular complexity index is 956. The number of fused-ring (bicyclic) bond motifs is 1. The third-order valence-corrected chi connectivity index (χ3v) is 6.72. The molecule has 2 aromatic carbocycles. The Morgan fingerprint density at radius 1 is 1.28 bits per heavy atom. The summed E-state index contributed by atoms with van der Waals surface area (Å²) in [5, 5.41) is 1.18. The Hall–Kier alpha value is -2.31. The lowest BCUT2D eigenvalue weighted by molar-refractivity contribution is -0.133. The molecule has 29 heavy (non-hydrogen) atoms. The van der Waals surface area contributed by atoms with E-state index in [1.54, 1.807) is 22.3 Å². The molecular weight excluding hydrogens is 385 g/mol. The van der Waals surface area contributed by atoms with Crippen LogP contribution in [0.2, 0.25) is 0 Å². The highest BCUT2D eigenvalue weighted by molar-refractivity contribution is 7.18. The van der Waals surface area contributed by atoms with Crippen molar-refractivity contribution in [3.63, 3.8) is 0 Å². The molecule has 0 unspecified atom stereocenters. The minimum absolute atomic E-state index is 0.0988. The molecule has 4 rings (SSSR count). The number of nitrogens with zero attached hydrogens (tertiary/aromatic N) is 3. The quantitative estimate of drug-likeness (QED) is 0.592. The number of aromatic nitrogens is 1. The first-order chi connectivity index (χ1) is 14.1. The topological polar surface area (TPSA) is 36.4 Å². The van der Waals surface area contributed by atoms with Crippen LogP contribution in [0.5, 0.6) is 0 Å². The lowest BCUT2D eigenvalue weighted by Crippen LogP contribution is -2.43. The van der Waals surface area contributed by atoms with E-state index in [4.69, 9.17) is 4.98 Å². The molecule has 1 aliphatic heterocycles. The van der Waals surface area contributed by atoms with Crippen LogP contribution < -0.4 is 0 Å². The van der Waals surface area contributed by atoms with Gasteiger partial charge in [0.15, 0.2) is 0 Å². The van der Waals surface area contributed by atoms with Crippen LogP contribution in [-0.2, 0) is 11.3 Å². The van der Waals surface area contributed by atoms with Crippen molar-refractivity contribution in [3.8, 4) is 0 Å². The summed E-state index contributed by atoms with van der Waals surface area (Å²) in [6.07, 6.45) is 2.19. The molecule has 0 aliphatic carbocycles. The molecule has 0 bridgehead atoms. The highest BCUT2D eigenvalue weighted by Crippen LogP contribution is 2.32. The number of piperidine rings is 1. The number of benzene rings is 2. The molecule has 3 aromatic rings. The smallest absolute Gasteiger partial charge is 0.237 e. The van der Waals surface area contributed by atoms with Crippen molar-refractivity contribution in [2.24, 2.45) is 0 Å². The molecule has 0 radical (unpaired) electrons. The number of carbonyl (C=O) groups is 1. The highest BCUT2D eigenvalue weighted by atomic mass is 32.1. The third kappa shape index (κ3) is 4.82. The van der Waals surface area contributed by atoms with Crippen LogP contribution in [-0.4, -0.2) is 46.9 Å². The summed E-state index contributed by atoms with van der Waals surface area (Å²) in [6, 6.07) is 14.7. The first-order valence-electron chi connectivity index (χ1n) is 10.2. The van der Waals surface area contributed by atoms with Gasteiger partial charge in [0.25, 0.3) is 0 Å². The van der Waals surface area contributed by atoms with Crippen molar-refractivity contribution >= 4 is 27.5 Å². The number of rotatable bonds is 6. The predicted octanol–water partition coefficient (Wildman–Crippen LogP) is 4.66. The Balaban J connectivity index is 1.39. The Labute approximate surface area is 175 Å². The summed E-state index contributed by atoms with van der Waals surface area (Å²) >= 11 is 1.77. The van der Waals surface area contributed by atoms with E-state index in [0.717, 1.165) is 37.0 Å². The van der Waals surface area contributed by atoms with Gasteiger partial charge >= 0.3 is 0 Å². The van der Waals surface area contributed by atoms with Crippen LogP contribution in [0.4, 0.5) is 4.39 Å². The van der Waals surface area contributed by atoms with E-state index in [1.165, 1.54) is 21.8 Å². The van der Waals surface area contributed by atoms with Crippen LogP contribution in [0.15, 0.2) is 48.5 Å². The first kappa shape index (κ1) is 20.0. The average Bonchev–Trinajstić information content (AvgIpc) is 3.16. The lowest BCUT2D eigenvalue weighted by atomic mass is 9.98. The molecule has 1 fully saturated rings. The summed E-state index contributed by atoms with van der Waals surface area (Å²) in [5.74, 6) is 0.217. The van der Waals surface area contributed by atoms with E-state index in [9.17, 15) is 9.18 Å². The molecule has 6 heteroatoms. The number of thiazole rings is 1. The van der Waals surface area contributed by atoms with Crippen molar-refractivity contribution in [3.05, 3.63) is 64.9 Å². The summed E-state index contributed by atoms with van der Waals surface area (Å²) < 4.78 is 14.7.